The summed E-state index contributed by atoms with van der Waals surface area (Å²) in [5, 5.41) is 12.4. The summed E-state index contributed by atoms with van der Waals surface area (Å²) in [7, 11) is 0. The van der Waals surface area contributed by atoms with Crippen molar-refractivity contribution in [1.82, 2.24) is 9.55 Å². The number of H-pyrrole nitrogens is 1. The highest BCUT2D eigenvalue weighted by atomic mass is 16.8. The minimum Gasteiger partial charge on any atom is -0.382 e. The molecule has 1 unspecified atom stereocenters. The van der Waals surface area contributed by atoms with Crippen LogP contribution < -0.4 is 11.2 Å². The van der Waals surface area contributed by atoms with E-state index in [9.17, 15) is 19.5 Å². The Morgan fingerprint density at radius 3 is 1.90 bits per heavy atom. The number of aliphatic hydroxyl groups excluding tert-OH is 1. The summed E-state index contributed by atoms with van der Waals surface area (Å²) in [5.74, 6) is -1.48. The van der Waals surface area contributed by atoms with Gasteiger partial charge >= 0.3 is 5.69 Å². The second-order valence-corrected chi connectivity index (χ2v) is 15.1. The molecule has 4 aromatic rings. The summed E-state index contributed by atoms with van der Waals surface area (Å²) >= 11 is 0. The van der Waals surface area contributed by atoms with Gasteiger partial charge in [-0.25, -0.2) is 4.79 Å². The van der Waals surface area contributed by atoms with Crippen molar-refractivity contribution < 1.29 is 28.8 Å². The first kappa shape index (κ1) is 35.2. The van der Waals surface area contributed by atoms with Gasteiger partial charge in [-0.15, -0.1) is 0 Å². The molecule has 10 nitrogen and oxygen atoms in total. The van der Waals surface area contributed by atoms with E-state index in [-0.39, 0.29) is 12.2 Å². The number of hydrogen-bond acceptors (Lipinski definition) is 8. The second-order valence-electron chi connectivity index (χ2n) is 15.1. The molecule has 10 heteroatoms. The lowest BCUT2D eigenvalue weighted by molar-refractivity contribution is -0.273. The number of carbonyl (C=O) groups is 1. The molecule has 7 rings (SSSR count). The molecule has 2 saturated heterocycles. The number of fused-ring (bicyclic) bond motifs is 1. The third-order valence-electron chi connectivity index (χ3n) is 10.6. The van der Waals surface area contributed by atoms with Crippen LogP contribution in [0, 0.1) is 12.3 Å². The molecule has 268 valence electrons. The molecule has 3 heterocycles. The summed E-state index contributed by atoms with van der Waals surface area (Å²) in [5.41, 5.74) is -2.54. The molecule has 0 radical (unpaired) electrons. The Kier molecular flexibility index (Phi) is 9.26. The van der Waals surface area contributed by atoms with Gasteiger partial charge in [-0.05, 0) is 36.5 Å². The molecular formula is C41H46N2O8. The van der Waals surface area contributed by atoms with Crippen LogP contribution in [-0.2, 0) is 29.3 Å². The summed E-state index contributed by atoms with van der Waals surface area (Å²) in [6.07, 6.45) is 0.539. The van der Waals surface area contributed by atoms with Crippen molar-refractivity contribution >= 4 is 5.78 Å². The number of ketones is 1. The lowest BCUT2D eigenvalue weighted by atomic mass is 9.77. The van der Waals surface area contributed by atoms with E-state index in [1.54, 1.807) is 27.7 Å². The zero-order chi connectivity index (χ0) is 36.0. The van der Waals surface area contributed by atoms with E-state index < -0.39 is 64.0 Å². The maximum atomic E-state index is 14.3. The Morgan fingerprint density at radius 1 is 0.863 bits per heavy atom. The second kappa shape index (κ2) is 13.4. The van der Waals surface area contributed by atoms with Crippen LogP contribution in [0.3, 0.4) is 0 Å². The number of aromatic amines is 1. The van der Waals surface area contributed by atoms with Crippen molar-refractivity contribution in [3.8, 4) is 0 Å². The van der Waals surface area contributed by atoms with Gasteiger partial charge < -0.3 is 24.1 Å². The van der Waals surface area contributed by atoms with Crippen molar-refractivity contribution in [3.05, 3.63) is 140 Å². The fourth-order valence-electron chi connectivity index (χ4n) is 7.93. The number of carbonyl (C=O) groups excluding carboxylic acids is 1. The van der Waals surface area contributed by atoms with Gasteiger partial charge in [0.1, 0.15) is 23.9 Å². The Hall–Kier alpha value is -4.19. The number of aromatic nitrogens is 2. The summed E-state index contributed by atoms with van der Waals surface area (Å²) in [4.78, 5) is 42.5. The molecule has 3 aromatic carbocycles. The first-order chi connectivity index (χ1) is 24.4. The molecule has 1 saturated carbocycles. The van der Waals surface area contributed by atoms with E-state index >= 15 is 0 Å². The number of ether oxygens (including phenoxy) is 4. The summed E-state index contributed by atoms with van der Waals surface area (Å²) in [6.45, 7) is 6.48. The zero-order valence-corrected chi connectivity index (χ0v) is 29.5. The number of hydrogen-bond donors (Lipinski definition) is 2. The van der Waals surface area contributed by atoms with Crippen molar-refractivity contribution in [2.24, 2.45) is 5.41 Å². The Balaban J connectivity index is 1.43. The zero-order valence-electron chi connectivity index (χ0n) is 29.5. The van der Waals surface area contributed by atoms with Crippen LogP contribution in [-0.4, -0.2) is 56.7 Å². The number of nitrogens with one attached hydrogen (secondary N) is 1. The standard InChI is InChI=1S/C41H46N2O8/c1-27-25-43(37(47)42-35(27)46)36-31-34(50-39(49-31)23-15-8-16-24-39)40(51-36,33(45)32(44)38(2,3)4)26-48-41(28-17-9-5-10-18-28,29-19-11-6-12-20-29)30-21-13-7-14-22-30/h5-7,9-14,17-22,25,31,33-34,36,45H,8,15-16,23-24,26H2,1-4H3,(H,42,46,47)/t31-,33?,34+,36-,40-/m1/s1. The number of aryl methyl sites for hydroxylation is 1. The third kappa shape index (κ3) is 6.13. The smallest absolute Gasteiger partial charge is 0.330 e. The molecule has 51 heavy (non-hydrogen) atoms. The van der Waals surface area contributed by atoms with E-state index in [1.807, 2.05) is 91.0 Å². The number of nitrogens with zero attached hydrogens (tertiary/aromatic N) is 1. The number of Topliss-reactive ketones (excluding diaryl/α,β-unsaturated/α-hetero) is 1. The molecule has 0 bridgehead atoms. The molecule has 2 aliphatic heterocycles. The minimum absolute atomic E-state index is 0.289. The van der Waals surface area contributed by atoms with Crippen LogP contribution in [0.2, 0.25) is 0 Å². The monoisotopic (exact) mass is 694 g/mol. The first-order valence-corrected chi connectivity index (χ1v) is 17.8. The van der Waals surface area contributed by atoms with Gasteiger partial charge in [0.25, 0.3) is 5.56 Å². The molecule has 1 spiro atoms. The van der Waals surface area contributed by atoms with Gasteiger partial charge in [0.15, 0.2) is 23.4 Å². The van der Waals surface area contributed by atoms with Crippen LogP contribution in [0.4, 0.5) is 0 Å². The summed E-state index contributed by atoms with van der Waals surface area (Å²) < 4.78 is 29.1. The molecule has 2 N–H and O–H groups in total. The van der Waals surface area contributed by atoms with Crippen LogP contribution in [0.5, 0.6) is 0 Å². The van der Waals surface area contributed by atoms with E-state index in [0.29, 0.717) is 12.8 Å². The summed E-state index contributed by atoms with van der Waals surface area (Å²) in [6, 6.07) is 29.4. The fraction of sp³-hybridized carbons (Fsp3) is 0.439. The highest BCUT2D eigenvalue weighted by Crippen LogP contribution is 2.54. The molecule has 3 fully saturated rings. The number of benzene rings is 3. The predicted molar refractivity (Wildman–Crippen MR) is 190 cm³/mol. The SMILES string of the molecule is Cc1cn([C@@H]2O[C@](COC(c3ccccc3)(c3ccccc3)c3ccccc3)(C(O)C(=O)C(C)(C)C)[C@H]3OC4(CCCCC4)O[C@@H]23)c(=O)[nH]c1=O. The maximum absolute atomic E-state index is 14.3. The van der Waals surface area contributed by atoms with Crippen LogP contribution >= 0.6 is 0 Å². The third-order valence-corrected chi connectivity index (χ3v) is 10.6. The number of rotatable bonds is 9. The van der Waals surface area contributed by atoms with Crippen molar-refractivity contribution in [3.63, 3.8) is 0 Å². The van der Waals surface area contributed by atoms with E-state index in [0.717, 1.165) is 36.0 Å². The fourth-order valence-corrected chi connectivity index (χ4v) is 7.93. The van der Waals surface area contributed by atoms with Crippen molar-refractivity contribution in [2.75, 3.05) is 6.61 Å². The molecule has 1 aromatic heterocycles. The van der Waals surface area contributed by atoms with E-state index in [1.165, 1.54) is 10.8 Å². The average Bonchev–Trinajstić information content (AvgIpc) is 3.64. The van der Waals surface area contributed by atoms with Gasteiger partial charge in [0.2, 0.25) is 0 Å². The van der Waals surface area contributed by atoms with E-state index in [2.05, 4.69) is 4.98 Å². The van der Waals surface area contributed by atoms with Gasteiger partial charge in [-0.3, -0.25) is 19.1 Å². The molecule has 5 atom stereocenters. The van der Waals surface area contributed by atoms with Gasteiger partial charge in [-0.2, -0.15) is 0 Å². The Morgan fingerprint density at radius 2 is 1.39 bits per heavy atom. The maximum Gasteiger partial charge on any atom is 0.330 e. The minimum atomic E-state index is -1.85. The Bertz CT molecular complexity index is 1870. The Labute approximate surface area is 297 Å². The average molecular weight is 695 g/mol. The number of aliphatic hydroxyl groups is 1. The topological polar surface area (TPSA) is 129 Å². The molecule has 0 amide bonds. The van der Waals surface area contributed by atoms with Crippen molar-refractivity contribution in [2.45, 2.75) is 101 Å². The van der Waals surface area contributed by atoms with Crippen LogP contribution in [0.25, 0.3) is 0 Å². The first-order valence-electron chi connectivity index (χ1n) is 17.8. The van der Waals surface area contributed by atoms with Crippen molar-refractivity contribution in [1.29, 1.82) is 0 Å². The molecule has 1 aliphatic carbocycles. The van der Waals surface area contributed by atoms with Crippen LogP contribution in [0.1, 0.15) is 81.4 Å². The van der Waals surface area contributed by atoms with Gasteiger partial charge in [0, 0.05) is 30.0 Å². The highest BCUT2D eigenvalue weighted by Gasteiger charge is 2.70. The highest BCUT2D eigenvalue weighted by molar-refractivity contribution is 5.89. The quantitative estimate of drug-likeness (QED) is 0.219. The predicted octanol–water partition coefficient (Wildman–Crippen LogP) is 5.54. The molecule has 3 aliphatic rings. The molecular weight excluding hydrogens is 648 g/mol. The van der Waals surface area contributed by atoms with Gasteiger partial charge in [0.05, 0.1) is 6.61 Å². The van der Waals surface area contributed by atoms with E-state index in [4.69, 9.17) is 18.9 Å². The lowest BCUT2D eigenvalue weighted by Gasteiger charge is -2.44. The normalized spacial score (nSPS) is 25.1. The van der Waals surface area contributed by atoms with Crippen LogP contribution in [0.15, 0.2) is 107 Å². The van der Waals surface area contributed by atoms with Gasteiger partial charge in [-0.1, -0.05) is 118 Å². The lowest BCUT2D eigenvalue weighted by Crippen LogP contribution is -2.61. The largest absolute Gasteiger partial charge is 0.382 e.